The monoisotopic (exact) mass is 359 g/mol. The molecule has 0 bridgehead atoms. The first-order valence-electron chi connectivity index (χ1n) is 6.99. The van der Waals surface area contributed by atoms with Crippen molar-refractivity contribution in [3.63, 3.8) is 0 Å². The Morgan fingerprint density at radius 3 is 2.62 bits per heavy atom. The summed E-state index contributed by atoms with van der Waals surface area (Å²) in [6.45, 7) is 0.188. The lowest BCUT2D eigenvalue weighted by Gasteiger charge is -2.14. The van der Waals surface area contributed by atoms with Gasteiger partial charge in [-0.15, -0.1) is 0 Å². The summed E-state index contributed by atoms with van der Waals surface area (Å²) in [4.78, 5) is 15.9. The van der Waals surface area contributed by atoms with Crippen LogP contribution in [0.1, 0.15) is 6.92 Å². The molecule has 1 heterocycles. The third-order valence-corrected chi connectivity index (χ3v) is 4.15. The zero-order valence-electron chi connectivity index (χ0n) is 13.0. The van der Waals surface area contributed by atoms with Crippen LogP contribution in [0.25, 0.3) is 5.69 Å². The Balaban J connectivity index is 2.05. The van der Waals surface area contributed by atoms with E-state index < -0.39 is 23.9 Å². The molecule has 9 heteroatoms. The SMILES string of the molecule is COc1ccc(-n2ccnc2SC(C)C(=O)NCC(F)(F)F)cc1. The highest BCUT2D eigenvalue weighted by Gasteiger charge is 2.29. The number of amides is 1. The summed E-state index contributed by atoms with van der Waals surface area (Å²) >= 11 is 1.08. The van der Waals surface area contributed by atoms with Gasteiger partial charge in [0.25, 0.3) is 0 Å². The van der Waals surface area contributed by atoms with Gasteiger partial charge in [0.05, 0.1) is 12.4 Å². The number of benzene rings is 1. The number of hydrogen-bond acceptors (Lipinski definition) is 4. The summed E-state index contributed by atoms with van der Waals surface area (Å²) in [7, 11) is 1.56. The molecule has 0 spiro atoms. The fourth-order valence-electron chi connectivity index (χ4n) is 1.86. The van der Waals surface area contributed by atoms with Gasteiger partial charge in [0.2, 0.25) is 5.91 Å². The van der Waals surface area contributed by atoms with E-state index in [0.29, 0.717) is 10.9 Å². The molecule has 24 heavy (non-hydrogen) atoms. The number of ether oxygens (including phenoxy) is 1. The molecule has 0 aliphatic carbocycles. The first-order chi connectivity index (χ1) is 11.3. The lowest BCUT2D eigenvalue weighted by molar-refractivity contribution is -0.137. The van der Waals surface area contributed by atoms with Crippen LogP contribution in [0.5, 0.6) is 5.75 Å². The number of nitrogens with one attached hydrogen (secondary N) is 1. The Kier molecular flexibility index (Phi) is 5.76. The lowest BCUT2D eigenvalue weighted by Crippen LogP contribution is -2.38. The fourth-order valence-corrected chi connectivity index (χ4v) is 2.77. The summed E-state index contributed by atoms with van der Waals surface area (Å²) in [6.07, 6.45) is -1.15. The molecule has 0 aliphatic heterocycles. The largest absolute Gasteiger partial charge is 0.497 e. The molecular weight excluding hydrogens is 343 g/mol. The number of nitrogens with zero attached hydrogens (tertiary/aromatic N) is 2. The van der Waals surface area contributed by atoms with E-state index in [4.69, 9.17) is 4.74 Å². The number of halogens is 3. The van der Waals surface area contributed by atoms with Gasteiger partial charge in [-0.05, 0) is 31.2 Å². The molecule has 1 amide bonds. The van der Waals surface area contributed by atoms with Crippen molar-refractivity contribution in [3.8, 4) is 11.4 Å². The molecule has 0 saturated carbocycles. The maximum Gasteiger partial charge on any atom is 0.405 e. The number of thioether (sulfide) groups is 1. The Morgan fingerprint density at radius 2 is 2.04 bits per heavy atom. The highest BCUT2D eigenvalue weighted by atomic mass is 32.2. The highest BCUT2D eigenvalue weighted by molar-refractivity contribution is 8.00. The highest BCUT2D eigenvalue weighted by Crippen LogP contribution is 2.25. The zero-order chi connectivity index (χ0) is 17.7. The van der Waals surface area contributed by atoms with Crippen LogP contribution in [0.3, 0.4) is 0 Å². The molecule has 130 valence electrons. The van der Waals surface area contributed by atoms with E-state index in [-0.39, 0.29) is 0 Å². The normalized spacial score (nSPS) is 12.7. The van der Waals surface area contributed by atoms with Crippen LogP contribution < -0.4 is 10.1 Å². The van der Waals surface area contributed by atoms with Crippen LogP contribution in [-0.2, 0) is 4.79 Å². The molecule has 1 atom stereocenters. The van der Waals surface area contributed by atoms with E-state index in [1.165, 1.54) is 6.92 Å². The van der Waals surface area contributed by atoms with Crippen molar-refractivity contribution in [2.24, 2.45) is 0 Å². The van der Waals surface area contributed by atoms with Crippen molar-refractivity contribution in [2.75, 3.05) is 13.7 Å². The van der Waals surface area contributed by atoms with Gasteiger partial charge < -0.3 is 10.1 Å². The van der Waals surface area contributed by atoms with Crippen LogP contribution in [0.2, 0.25) is 0 Å². The van der Waals surface area contributed by atoms with E-state index in [0.717, 1.165) is 17.4 Å². The standard InChI is InChI=1S/C15H16F3N3O2S/c1-10(13(22)20-9-15(16,17)18)24-14-19-7-8-21(14)11-3-5-12(23-2)6-4-11/h3-8,10H,9H2,1-2H3,(H,20,22). The number of hydrogen-bond donors (Lipinski definition) is 1. The second-order valence-electron chi connectivity index (χ2n) is 4.87. The molecule has 1 aromatic carbocycles. The number of rotatable bonds is 6. The maximum absolute atomic E-state index is 12.2. The second-order valence-corrected chi connectivity index (χ2v) is 6.18. The number of carbonyl (C=O) groups excluding carboxylic acids is 1. The van der Waals surface area contributed by atoms with Crippen molar-refractivity contribution in [1.82, 2.24) is 14.9 Å². The predicted octanol–water partition coefficient (Wildman–Crippen LogP) is 3.04. The summed E-state index contributed by atoms with van der Waals surface area (Å²) < 4.78 is 43.3. The van der Waals surface area contributed by atoms with Gasteiger partial charge in [0, 0.05) is 18.1 Å². The summed E-state index contributed by atoms with van der Waals surface area (Å²) in [5, 5.41) is 1.66. The molecule has 0 saturated heterocycles. The van der Waals surface area contributed by atoms with E-state index in [9.17, 15) is 18.0 Å². The van der Waals surface area contributed by atoms with E-state index in [1.54, 1.807) is 36.2 Å². The summed E-state index contributed by atoms with van der Waals surface area (Å²) in [5.41, 5.74) is 0.804. The lowest BCUT2D eigenvalue weighted by atomic mass is 10.3. The first-order valence-corrected chi connectivity index (χ1v) is 7.87. The molecule has 5 nitrogen and oxygen atoms in total. The fraction of sp³-hybridized carbons (Fsp3) is 0.333. The minimum atomic E-state index is -4.43. The van der Waals surface area contributed by atoms with Gasteiger partial charge in [-0.25, -0.2) is 4.98 Å². The van der Waals surface area contributed by atoms with Crippen molar-refractivity contribution < 1.29 is 22.7 Å². The number of imidazole rings is 1. The van der Waals surface area contributed by atoms with Crippen molar-refractivity contribution in [1.29, 1.82) is 0 Å². The van der Waals surface area contributed by atoms with Gasteiger partial charge in [-0.1, -0.05) is 11.8 Å². The summed E-state index contributed by atoms with van der Waals surface area (Å²) in [6, 6.07) is 7.20. The van der Waals surface area contributed by atoms with Crippen LogP contribution in [0, 0.1) is 0 Å². The number of aromatic nitrogens is 2. The van der Waals surface area contributed by atoms with Crippen LogP contribution >= 0.6 is 11.8 Å². The van der Waals surface area contributed by atoms with Gasteiger partial charge in [-0.3, -0.25) is 9.36 Å². The van der Waals surface area contributed by atoms with Gasteiger partial charge in [-0.2, -0.15) is 13.2 Å². The van der Waals surface area contributed by atoms with Gasteiger partial charge >= 0.3 is 6.18 Å². The number of methoxy groups -OCH3 is 1. The third kappa shape index (κ3) is 4.92. The van der Waals surface area contributed by atoms with Crippen molar-refractivity contribution in [3.05, 3.63) is 36.7 Å². The number of alkyl halides is 3. The van der Waals surface area contributed by atoms with Crippen LogP contribution in [0.15, 0.2) is 41.8 Å². The van der Waals surface area contributed by atoms with Crippen LogP contribution in [-0.4, -0.2) is 40.5 Å². The molecular formula is C15H16F3N3O2S. The molecule has 0 fully saturated rings. The van der Waals surface area contributed by atoms with Crippen molar-refractivity contribution in [2.45, 2.75) is 23.5 Å². The molecule has 1 N–H and O–H groups in total. The van der Waals surface area contributed by atoms with Gasteiger partial charge in [0.15, 0.2) is 5.16 Å². The smallest absolute Gasteiger partial charge is 0.405 e. The van der Waals surface area contributed by atoms with E-state index in [1.807, 2.05) is 17.4 Å². The molecule has 2 rings (SSSR count). The van der Waals surface area contributed by atoms with Crippen molar-refractivity contribution >= 4 is 17.7 Å². The molecule has 1 aromatic heterocycles. The second kappa shape index (κ2) is 7.61. The number of carbonyl (C=O) groups is 1. The van der Waals surface area contributed by atoms with Crippen LogP contribution in [0.4, 0.5) is 13.2 Å². The molecule has 0 radical (unpaired) electrons. The Labute approximate surface area is 141 Å². The molecule has 2 aromatic rings. The van der Waals surface area contributed by atoms with Gasteiger partial charge in [0.1, 0.15) is 12.3 Å². The first kappa shape index (κ1) is 18.2. The molecule has 0 aliphatic rings. The Hall–Kier alpha value is -2.16. The third-order valence-electron chi connectivity index (χ3n) is 3.07. The van der Waals surface area contributed by atoms with E-state index in [2.05, 4.69) is 4.98 Å². The predicted molar refractivity (Wildman–Crippen MR) is 84.5 cm³/mol. The Bertz CT molecular complexity index is 686. The summed E-state index contributed by atoms with van der Waals surface area (Å²) in [5.74, 6) is 0.00886. The maximum atomic E-state index is 12.2. The minimum Gasteiger partial charge on any atom is -0.497 e. The average Bonchev–Trinajstić information content (AvgIpc) is 3.00. The zero-order valence-corrected chi connectivity index (χ0v) is 13.8. The topological polar surface area (TPSA) is 56.2 Å². The molecule has 1 unspecified atom stereocenters. The average molecular weight is 359 g/mol. The van der Waals surface area contributed by atoms with E-state index >= 15 is 0 Å². The minimum absolute atomic E-state index is 0.509. The Morgan fingerprint density at radius 1 is 1.38 bits per heavy atom. The quantitative estimate of drug-likeness (QED) is 0.806.